The molecule has 1 aliphatic rings. The van der Waals surface area contributed by atoms with E-state index in [1.807, 2.05) is 36.4 Å². The van der Waals surface area contributed by atoms with E-state index < -0.39 is 0 Å². The Bertz CT molecular complexity index is 908. The van der Waals surface area contributed by atoms with E-state index in [2.05, 4.69) is 10.4 Å². The first-order chi connectivity index (χ1) is 11.7. The average molecular weight is 356 g/mol. The molecular weight excluding hydrogens is 342 g/mol. The summed E-state index contributed by atoms with van der Waals surface area (Å²) in [6, 6.07) is 16.9. The van der Waals surface area contributed by atoms with Crippen LogP contribution < -0.4 is 5.32 Å². The van der Waals surface area contributed by atoms with Crippen LogP contribution in [0.5, 0.6) is 0 Å². The van der Waals surface area contributed by atoms with Crippen molar-refractivity contribution in [3.05, 3.63) is 76.4 Å². The van der Waals surface area contributed by atoms with E-state index in [9.17, 15) is 4.79 Å². The molecule has 3 aromatic rings. The molecule has 0 aliphatic carbocycles. The summed E-state index contributed by atoms with van der Waals surface area (Å²) in [6.07, 6.45) is 0. The highest BCUT2D eigenvalue weighted by molar-refractivity contribution is 7.98. The van der Waals surface area contributed by atoms with Gasteiger partial charge in [-0.15, -0.1) is 0 Å². The fourth-order valence-corrected chi connectivity index (χ4v) is 3.97. The van der Waals surface area contributed by atoms with Crippen LogP contribution in [-0.4, -0.2) is 15.7 Å². The molecule has 0 saturated carbocycles. The zero-order chi connectivity index (χ0) is 16.5. The van der Waals surface area contributed by atoms with Gasteiger partial charge < -0.3 is 5.32 Å². The summed E-state index contributed by atoms with van der Waals surface area (Å²) in [5, 5.41) is 8.13. The monoisotopic (exact) mass is 355 g/mol. The third-order valence-electron chi connectivity index (χ3n) is 3.90. The van der Waals surface area contributed by atoms with E-state index >= 15 is 0 Å². The first-order valence-corrected chi connectivity index (χ1v) is 9.07. The van der Waals surface area contributed by atoms with Gasteiger partial charge >= 0.3 is 0 Å². The molecule has 120 valence electrons. The van der Waals surface area contributed by atoms with Gasteiger partial charge in [-0.05, 0) is 24.3 Å². The Kier molecular flexibility index (Phi) is 4.04. The highest BCUT2D eigenvalue weighted by Crippen LogP contribution is 2.36. The van der Waals surface area contributed by atoms with E-state index in [1.54, 1.807) is 34.6 Å². The number of nitrogens with zero attached hydrogens (tertiary/aromatic N) is 2. The van der Waals surface area contributed by atoms with Gasteiger partial charge in [0.2, 0.25) is 0 Å². The van der Waals surface area contributed by atoms with Crippen LogP contribution >= 0.6 is 23.4 Å². The van der Waals surface area contributed by atoms with E-state index in [1.165, 1.54) is 0 Å². The van der Waals surface area contributed by atoms with E-state index in [-0.39, 0.29) is 5.91 Å². The predicted octanol–water partition coefficient (Wildman–Crippen LogP) is 4.52. The number of carbonyl (C=O) groups is 1. The zero-order valence-corrected chi connectivity index (χ0v) is 14.3. The minimum atomic E-state index is -0.225. The number of rotatable bonds is 3. The molecule has 1 aliphatic heterocycles. The molecule has 4 rings (SSSR count). The normalized spacial score (nSPS) is 12.9. The summed E-state index contributed by atoms with van der Waals surface area (Å²) in [4.78, 5) is 12.7. The molecule has 0 saturated heterocycles. The first-order valence-electron chi connectivity index (χ1n) is 7.54. The molecule has 24 heavy (non-hydrogen) atoms. The number of thioether (sulfide) groups is 1. The van der Waals surface area contributed by atoms with E-state index in [0.29, 0.717) is 10.6 Å². The van der Waals surface area contributed by atoms with E-state index in [4.69, 9.17) is 11.6 Å². The molecule has 1 aromatic heterocycles. The molecular formula is C18H14ClN3OS. The Balaban J connectivity index is 1.75. The number of carbonyl (C=O) groups excluding carboxylic acids is 1. The van der Waals surface area contributed by atoms with Crippen molar-refractivity contribution in [2.45, 2.75) is 11.5 Å². The second kappa shape index (κ2) is 6.34. The van der Waals surface area contributed by atoms with Crippen LogP contribution in [0.3, 0.4) is 0 Å². The van der Waals surface area contributed by atoms with Crippen LogP contribution in [0.1, 0.15) is 21.6 Å². The van der Waals surface area contributed by atoms with Crippen molar-refractivity contribution < 1.29 is 4.79 Å². The summed E-state index contributed by atoms with van der Waals surface area (Å²) >= 11 is 7.95. The van der Waals surface area contributed by atoms with Crippen molar-refractivity contribution in [3.63, 3.8) is 0 Å². The molecule has 4 nitrogen and oxygen atoms in total. The molecule has 2 heterocycles. The van der Waals surface area contributed by atoms with Crippen molar-refractivity contribution in [3.8, 4) is 5.69 Å². The maximum Gasteiger partial charge on any atom is 0.258 e. The van der Waals surface area contributed by atoms with Gasteiger partial charge in [-0.25, -0.2) is 4.68 Å². The van der Waals surface area contributed by atoms with Gasteiger partial charge in [0.15, 0.2) is 0 Å². The Morgan fingerprint density at radius 1 is 1.08 bits per heavy atom. The van der Waals surface area contributed by atoms with Crippen LogP contribution in [0.25, 0.3) is 5.69 Å². The third-order valence-corrected chi connectivity index (χ3v) is 5.20. The van der Waals surface area contributed by atoms with Crippen molar-refractivity contribution in [2.75, 3.05) is 5.32 Å². The third kappa shape index (κ3) is 2.70. The van der Waals surface area contributed by atoms with Crippen molar-refractivity contribution in [2.24, 2.45) is 0 Å². The fourth-order valence-electron chi connectivity index (χ4n) is 2.72. The predicted molar refractivity (Wildman–Crippen MR) is 98.0 cm³/mol. The van der Waals surface area contributed by atoms with Crippen molar-refractivity contribution in [1.82, 2.24) is 9.78 Å². The number of fused-ring (bicyclic) bond motifs is 1. The maximum atomic E-state index is 12.7. The lowest BCUT2D eigenvalue weighted by atomic mass is 10.2. The number of hydrogen-bond donors (Lipinski definition) is 1. The maximum absolute atomic E-state index is 12.7. The van der Waals surface area contributed by atoms with Gasteiger partial charge in [0, 0.05) is 17.1 Å². The van der Waals surface area contributed by atoms with Crippen LogP contribution in [0.4, 0.5) is 5.82 Å². The van der Waals surface area contributed by atoms with Gasteiger partial charge in [0.25, 0.3) is 5.91 Å². The molecule has 0 bridgehead atoms. The summed E-state index contributed by atoms with van der Waals surface area (Å²) in [7, 11) is 0. The lowest BCUT2D eigenvalue weighted by Crippen LogP contribution is -2.16. The summed E-state index contributed by atoms with van der Waals surface area (Å²) in [6.45, 7) is 0. The van der Waals surface area contributed by atoms with E-state index in [0.717, 1.165) is 34.3 Å². The highest BCUT2D eigenvalue weighted by atomic mass is 35.5. The molecule has 1 amide bonds. The van der Waals surface area contributed by atoms with Gasteiger partial charge in [-0.1, -0.05) is 41.9 Å². The quantitative estimate of drug-likeness (QED) is 0.751. The van der Waals surface area contributed by atoms with Gasteiger partial charge in [-0.2, -0.15) is 16.9 Å². The lowest BCUT2D eigenvalue weighted by molar-refractivity contribution is 0.102. The zero-order valence-electron chi connectivity index (χ0n) is 12.7. The molecule has 0 fully saturated rings. The minimum Gasteiger partial charge on any atom is -0.306 e. The van der Waals surface area contributed by atoms with Gasteiger partial charge in [0.1, 0.15) is 5.82 Å². The molecule has 1 N–H and O–H groups in total. The van der Waals surface area contributed by atoms with Crippen LogP contribution in [0.2, 0.25) is 5.02 Å². The largest absolute Gasteiger partial charge is 0.306 e. The van der Waals surface area contributed by atoms with Crippen molar-refractivity contribution in [1.29, 1.82) is 0 Å². The van der Waals surface area contributed by atoms with Crippen molar-refractivity contribution >= 4 is 35.1 Å². The smallest absolute Gasteiger partial charge is 0.258 e. The van der Waals surface area contributed by atoms with Crippen LogP contribution in [0.15, 0.2) is 54.6 Å². The highest BCUT2D eigenvalue weighted by Gasteiger charge is 2.25. The summed E-state index contributed by atoms with van der Waals surface area (Å²) < 4.78 is 1.80. The Labute approximate surface area is 148 Å². The topological polar surface area (TPSA) is 46.9 Å². The Morgan fingerprint density at radius 3 is 2.62 bits per heavy atom. The number of benzene rings is 2. The Morgan fingerprint density at radius 2 is 1.83 bits per heavy atom. The van der Waals surface area contributed by atoms with Crippen LogP contribution in [-0.2, 0) is 11.5 Å². The number of para-hydroxylation sites is 1. The molecule has 0 radical (unpaired) electrons. The molecule has 2 aromatic carbocycles. The number of aromatic nitrogens is 2. The number of hydrogen-bond acceptors (Lipinski definition) is 3. The molecule has 0 atom stereocenters. The number of amides is 1. The summed E-state index contributed by atoms with van der Waals surface area (Å²) in [5.74, 6) is 2.22. The lowest BCUT2D eigenvalue weighted by Gasteiger charge is -2.11. The average Bonchev–Trinajstić information content (AvgIpc) is 3.19. The molecule has 0 spiro atoms. The SMILES string of the molecule is O=C(Nc1c2c(nn1-c1ccccc1)CSC2)c1ccccc1Cl. The molecule has 6 heteroatoms. The fraction of sp³-hybridized carbons (Fsp3) is 0.111. The number of anilines is 1. The standard InChI is InChI=1S/C18H14ClN3OS/c19-15-9-5-4-8-13(15)18(23)20-17-14-10-24-11-16(14)21-22(17)12-6-2-1-3-7-12/h1-9H,10-11H2,(H,20,23). The number of nitrogens with one attached hydrogen (secondary N) is 1. The van der Waals surface area contributed by atoms with Gasteiger partial charge in [0.05, 0.1) is 22.0 Å². The number of halogens is 1. The second-order valence-corrected chi connectivity index (χ2v) is 6.84. The molecule has 0 unspecified atom stereocenters. The first kappa shape index (κ1) is 15.3. The minimum absolute atomic E-state index is 0.225. The van der Waals surface area contributed by atoms with Gasteiger partial charge in [-0.3, -0.25) is 4.79 Å². The summed E-state index contributed by atoms with van der Waals surface area (Å²) in [5.41, 5.74) is 3.49. The Hall–Kier alpha value is -2.24. The second-order valence-electron chi connectivity index (χ2n) is 5.45. The van der Waals surface area contributed by atoms with Crippen LogP contribution in [0, 0.1) is 0 Å².